The summed E-state index contributed by atoms with van der Waals surface area (Å²) in [6, 6.07) is 0. The van der Waals surface area contributed by atoms with E-state index in [0.29, 0.717) is 0 Å². The third kappa shape index (κ3) is 2.95. The van der Waals surface area contributed by atoms with Gasteiger partial charge in [-0.15, -0.1) is 0 Å². The summed E-state index contributed by atoms with van der Waals surface area (Å²) >= 11 is 0. The molecule has 16 heavy (non-hydrogen) atoms. The van der Waals surface area contributed by atoms with Crippen molar-refractivity contribution in [2.45, 2.75) is 26.0 Å². The van der Waals surface area contributed by atoms with Crippen LogP contribution in [-0.2, 0) is 19.9 Å². The van der Waals surface area contributed by atoms with Gasteiger partial charge in [0.05, 0.1) is 16.8 Å². The van der Waals surface area contributed by atoms with Crippen molar-refractivity contribution < 1.29 is 16.8 Å². The lowest BCUT2D eigenvalue weighted by atomic mass is 10.3. The van der Waals surface area contributed by atoms with Gasteiger partial charge in [0, 0.05) is 13.1 Å². The SMILES string of the molecule is CCS(=O)(=O)N1CC(S(=O)(=O)CC(C)C)C1. The van der Waals surface area contributed by atoms with Crippen LogP contribution in [-0.4, -0.2) is 51.0 Å². The van der Waals surface area contributed by atoms with Crippen LogP contribution in [0.3, 0.4) is 0 Å². The Kier molecular flexibility index (Phi) is 4.02. The molecule has 0 aromatic carbocycles. The number of rotatable bonds is 5. The highest BCUT2D eigenvalue weighted by Crippen LogP contribution is 2.22. The first kappa shape index (κ1) is 13.9. The highest BCUT2D eigenvalue weighted by atomic mass is 32.2. The summed E-state index contributed by atoms with van der Waals surface area (Å²) in [5.41, 5.74) is 0. The van der Waals surface area contributed by atoms with E-state index in [2.05, 4.69) is 0 Å². The van der Waals surface area contributed by atoms with Crippen molar-refractivity contribution in [1.82, 2.24) is 4.31 Å². The van der Waals surface area contributed by atoms with Crippen LogP contribution in [0.4, 0.5) is 0 Å². The Morgan fingerprint density at radius 1 is 1.19 bits per heavy atom. The van der Waals surface area contributed by atoms with Crippen molar-refractivity contribution in [1.29, 1.82) is 0 Å². The van der Waals surface area contributed by atoms with E-state index in [0.717, 1.165) is 0 Å². The summed E-state index contributed by atoms with van der Waals surface area (Å²) in [6.45, 7) is 5.51. The fourth-order valence-electron chi connectivity index (χ4n) is 1.64. The maximum Gasteiger partial charge on any atom is 0.213 e. The second-order valence-corrected chi connectivity index (χ2v) is 9.15. The van der Waals surface area contributed by atoms with Crippen LogP contribution in [0.2, 0.25) is 0 Å². The number of hydrogen-bond acceptors (Lipinski definition) is 4. The molecule has 0 bridgehead atoms. The monoisotopic (exact) mass is 269 g/mol. The zero-order chi connectivity index (χ0) is 12.6. The van der Waals surface area contributed by atoms with Gasteiger partial charge in [-0.25, -0.2) is 16.8 Å². The minimum absolute atomic E-state index is 0.0317. The van der Waals surface area contributed by atoms with Crippen molar-refractivity contribution in [3.8, 4) is 0 Å². The Labute approximate surface area is 97.8 Å². The quantitative estimate of drug-likeness (QED) is 0.709. The lowest BCUT2D eigenvalue weighted by molar-refractivity contribution is 0.309. The summed E-state index contributed by atoms with van der Waals surface area (Å²) in [5, 5.41) is -0.503. The molecule has 0 aromatic heterocycles. The maximum atomic E-state index is 11.8. The van der Waals surface area contributed by atoms with E-state index in [1.165, 1.54) is 4.31 Å². The lowest BCUT2D eigenvalue weighted by Crippen LogP contribution is -2.57. The minimum atomic E-state index is -3.21. The molecule has 0 spiro atoms. The van der Waals surface area contributed by atoms with Crippen LogP contribution in [0.1, 0.15) is 20.8 Å². The highest BCUT2D eigenvalue weighted by Gasteiger charge is 2.42. The Bertz CT molecular complexity index is 432. The van der Waals surface area contributed by atoms with Crippen LogP contribution < -0.4 is 0 Å². The molecule has 0 N–H and O–H groups in total. The molecule has 0 atom stereocenters. The van der Waals surface area contributed by atoms with Gasteiger partial charge in [-0.2, -0.15) is 4.31 Å². The molecule has 0 unspecified atom stereocenters. The molecule has 96 valence electrons. The molecular formula is C9H19NO4S2. The van der Waals surface area contributed by atoms with Crippen molar-refractivity contribution in [3.63, 3.8) is 0 Å². The van der Waals surface area contributed by atoms with Crippen LogP contribution in [0.15, 0.2) is 0 Å². The molecule has 1 fully saturated rings. The van der Waals surface area contributed by atoms with E-state index in [-0.39, 0.29) is 30.5 Å². The molecule has 7 heteroatoms. The van der Waals surface area contributed by atoms with Gasteiger partial charge in [0.2, 0.25) is 10.0 Å². The van der Waals surface area contributed by atoms with Gasteiger partial charge in [0.15, 0.2) is 9.84 Å². The normalized spacial score (nSPS) is 20.0. The Balaban J connectivity index is 2.60. The van der Waals surface area contributed by atoms with Crippen LogP contribution in [0.25, 0.3) is 0 Å². The smallest absolute Gasteiger partial charge is 0.213 e. The summed E-state index contributed by atoms with van der Waals surface area (Å²) < 4.78 is 47.6. The minimum Gasteiger partial charge on any atom is -0.228 e. The van der Waals surface area contributed by atoms with Gasteiger partial charge >= 0.3 is 0 Å². The van der Waals surface area contributed by atoms with Gasteiger partial charge < -0.3 is 0 Å². The topological polar surface area (TPSA) is 71.5 Å². The van der Waals surface area contributed by atoms with Crippen LogP contribution in [0.5, 0.6) is 0 Å². The molecular weight excluding hydrogens is 250 g/mol. The Morgan fingerprint density at radius 3 is 2.06 bits per heavy atom. The second kappa shape index (κ2) is 4.62. The van der Waals surface area contributed by atoms with Crippen molar-refractivity contribution >= 4 is 19.9 Å². The molecule has 1 heterocycles. The Morgan fingerprint density at radius 2 is 1.69 bits per heavy atom. The molecule has 0 saturated carbocycles. The fraction of sp³-hybridized carbons (Fsp3) is 1.00. The number of sulfonamides is 1. The number of sulfone groups is 1. The first-order chi connectivity index (χ1) is 7.19. The van der Waals surface area contributed by atoms with Crippen molar-refractivity contribution in [3.05, 3.63) is 0 Å². The average Bonchev–Trinajstić information content (AvgIpc) is 1.96. The summed E-state index contributed by atoms with van der Waals surface area (Å²) in [5.74, 6) is 0.253. The van der Waals surface area contributed by atoms with E-state index in [1.807, 2.05) is 13.8 Å². The zero-order valence-electron chi connectivity index (χ0n) is 9.88. The van der Waals surface area contributed by atoms with E-state index in [4.69, 9.17) is 0 Å². The molecule has 0 aromatic rings. The first-order valence-electron chi connectivity index (χ1n) is 5.38. The molecule has 1 saturated heterocycles. The van der Waals surface area contributed by atoms with Gasteiger partial charge in [-0.05, 0) is 12.8 Å². The molecule has 0 radical (unpaired) electrons. The third-order valence-electron chi connectivity index (χ3n) is 2.65. The molecule has 5 nitrogen and oxygen atoms in total. The van der Waals surface area contributed by atoms with E-state index in [9.17, 15) is 16.8 Å². The molecule has 1 aliphatic rings. The third-order valence-corrected chi connectivity index (χ3v) is 6.91. The zero-order valence-corrected chi connectivity index (χ0v) is 11.5. The van der Waals surface area contributed by atoms with E-state index in [1.54, 1.807) is 6.92 Å². The molecule has 1 aliphatic heterocycles. The maximum absolute atomic E-state index is 11.8. The average molecular weight is 269 g/mol. The summed E-state index contributed by atoms with van der Waals surface area (Å²) in [6.07, 6.45) is 0. The largest absolute Gasteiger partial charge is 0.228 e. The van der Waals surface area contributed by atoms with Crippen molar-refractivity contribution in [2.24, 2.45) is 5.92 Å². The number of nitrogens with zero attached hydrogens (tertiary/aromatic N) is 1. The summed E-state index contributed by atoms with van der Waals surface area (Å²) in [4.78, 5) is 0. The van der Waals surface area contributed by atoms with Gasteiger partial charge in [-0.3, -0.25) is 0 Å². The standard InChI is InChI=1S/C9H19NO4S2/c1-4-16(13,14)10-5-9(6-10)15(11,12)7-8(2)3/h8-9H,4-7H2,1-3H3. The van der Waals surface area contributed by atoms with Crippen LogP contribution in [0, 0.1) is 5.92 Å². The predicted octanol–water partition coefficient (Wildman–Crippen LogP) is 0.0911. The molecule has 0 aliphatic carbocycles. The van der Waals surface area contributed by atoms with Gasteiger partial charge in [-0.1, -0.05) is 13.8 Å². The second-order valence-electron chi connectivity index (χ2n) is 4.56. The molecule has 1 rings (SSSR count). The Hall–Kier alpha value is -0.140. The fourth-order valence-corrected chi connectivity index (χ4v) is 5.02. The highest BCUT2D eigenvalue weighted by molar-refractivity contribution is 7.92. The van der Waals surface area contributed by atoms with Gasteiger partial charge in [0.25, 0.3) is 0 Å². The van der Waals surface area contributed by atoms with E-state index >= 15 is 0 Å². The van der Waals surface area contributed by atoms with E-state index < -0.39 is 25.1 Å². The van der Waals surface area contributed by atoms with Gasteiger partial charge in [0.1, 0.15) is 0 Å². The van der Waals surface area contributed by atoms with Crippen LogP contribution >= 0.6 is 0 Å². The number of hydrogen-bond donors (Lipinski definition) is 0. The first-order valence-corrected chi connectivity index (χ1v) is 8.71. The van der Waals surface area contributed by atoms with Crippen molar-refractivity contribution in [2.75, 3.05) is 24.6 Å². The predicted molar refractivity (Wildman–Crippen MR) is 63.4 cm³/mol. The summed E-state index contributed by atoms with van der Waals surface area (Å²) in [7, 11) is -6.34. The lowest BCUT2D eigenvalue weighted by Gasteiger charge is -2.37. The molecule has 0 amide bonds.